The largest absolute Gasteiger partial charge is 0.324 e. The third-order valence-electron chi connectivity index (χ3n) is 2.42. The Bertz CT molecular complexity index is 531. The lowest BCUT2D eigenvalue weighted by Gasteiger charge is -2.22. The van der Waals surface area contributed by atoms with Crippen molar-refractivity contribution in [2.75, 3.05) is 11.4 Å². The Morgan fingerprint density at radius 2 is 1.88 bits per heavy atom. The average Bonchev–Trinajstić information content (AvgIpc) is 2.41. The minimum atomic E-state index is 0.346. The molecule has 2 rings (SSSR count). The zero-order valence-corrected chi connectivity index (χ0v) is 9.54. The van der Waals surface area contributed by atoms with Gasteiger partial charge in [0.25, 0.3) is 0 Å². The molecule has 4 heteroatoms. The van der Waals surface area contributed by atoms with E-state index in [9.17, 15) is 0 Å². The molecule has 0 aliphatic carbocycles. The summed E-state index contributed by atoms with van der Waals surface area (Å²) < 4.78 is 0. The van der Waals surface area contributed by atoms with Crippen molar-refractivity contribution in [1.82, 2.24) is 9.97 Å². The molecule has 0 aliphatic rings. The van der Waals surface area contributed by atoms with Gasteiger partial charge in [-0.05, 0) is 19.1 Å². The highest BCUT2D eigenvalue weighted by atomic mass is 15.2. The maximum absolute atomic E-state index is 9.03. The number of para-hydroxylation sites is 1. The molecule has 0 bridgehead atoms. The van der Waals surface area contributed by atoms with Crippen LogP contribution in [0.2, 0.25) is 0 Å². The summed E-state index contributed by atoms with van der Waals surface area (Å²) >= 11 is 0. The zero-order valence-electron chi connectivity index (χ0n) is 9.54. The Morgan fingerprint density at radius 3 is 2.53 bits per heavy atom. The standard InChI is InChI=1S/C13H12N4/c1-2-17(11-6-4-3-5-7-11)13-12(10-14)15-8-9-16-13/h3-9H,2H2,1H3. The lowest BCUT2D eigenvalue weighted by Crippen LogP contribution is -2.18. The summed E-state index contributed by atoms with van der Waals surface area (Å²) in [6, 6.07) is 11.9. The van der Waals surface area contributed by atoms with E-state index in [1.54, 1.807) is 6.20 Å². The molecule has 0 atom stereocenters. The van der Waals surface area contributed by atoms with Gasteiger partial charge in [-0.2, -0.15) is 5.26 Å². The fraction of sp³-hybridized carbons (Fsp3) is 0.154. The van der Waals surface area contributed by atoms with E-state index in [0.717, 1.165) is 12.2 Å². The van der Waals surface area contributed by atoms with Gasteiger partial charge in [0.1, 0.15) is 6.07 Å². The van der Waals surface area contributed by atoms with Gasteiger partial charge in [0.15, 0.2) is 11.5 Å². The Morgan fingerprint density at radius 1 is 1.18 bits per heavy atom. The van der Waals surface area contributed by atoms with Crippen LogP contribution >= 0.6 is 0 Å². The van der Waals surface area contributed by atoms with Gasteiger partial charge in [-0.3, -0.25) is 0 Å². The molecule has 0 amide bonds. The quantitative estimate of drug-likeness (QED) is 0.803. The van der Waals surface area contributed by atoms with E-state index >= 15 is 0 Å². The van der Waals surface area contributed by atoms with Crippen molar-refractivity contribution < 1.29 is 0 Å². The second-order valence-corrected chi connectivity index (χ2v) is 3.42. The van der Waals surface area contributed by atoms with E-state index in [1.165, 1.54) is 6.20 Å². The Kier molecular flexibility index (Phi) is 3.31. The first-order valence-corrected chi connectivity index (χ1v) is 5.40. The van der Waals surface area contributed by atoms with Crippen LogP contribution in [-0.2, 0) is 0 Å². The van der Waals surface area contributed by atoms with Crippen LogP contribution in [-0.4, -0.2) is 16.5 Å². The molecule has 4 nitrogen and oxygen atoms in total. The molecule has 84 valence electrons. The van der Waals surface area contributed by atoms with Crippen LogP contribution in [0.15, 0.2) is 42.7 Å². The van der Waals surface area contributed by atoms with Crippen molar-refractivity contribution >= 4 is 11.5 Å². The molecule has 0 N–H and O–H groups in total. The van der Waals surface area contributed by atoms with Crippen molar-refractivity contribution in [3.05, 3.63) is 48.4 Å². The van der Waals surface area contributed by atoms with Crippen LogP contribution in [0.3, 0.4) is 0 Å². The molecular weight excluding hydrogens is 212 g/mol. The van der Waals surface area contributed by atoms with E-state index in [2.05, 4.69) is 16.0 Å². The number of nitrogens with zero attached hydrogens (tertiary/aromatic N) is 4. The van der Waals surface area contributed by atoms with E-state index < -0.39 is 0 Å². The van der Waals surface area contributed by atoms with Crippen molar-refractivity contribution in [2.45, 2.75) is 6.92 Å². The second-order valence-electron chi connectivity index (χ2n) is 3.42. The summed E-state index contributed by atoms with van der Waals surface area (Å²) in [6.07, 6.45) is 3.13. The Labute approximate surface area is 100 Å². The molecule has 2 aromatic rings. The van der Waals surface area contributed by atoms with Gasteiger partial charge in [0.05, 0.1) is 0 Å². The van der Waals surface area contributed by atoms with Crippen molar-refractivity contribution in [3.8, 4) is 6.07 Å². The summed E-state index contributed by atoms with van der Waals surface area (Å²) in [6.45, 7) is 2.75. The molecule has 0 saturated carbocycles. The number of hydrogen-bond acceptors (Lipinski definition) is 4. The molecule has 0 fully saturated rings. The van der Waals surface area contributed by atoms with Crippen LogP contribution in [0.5, 0.6) is 0 Å². The fourth-order valence-corrected chi connectivity index (χ4v) is 1.67. The van der Waals surface area contributed by atoms with Gasteiger partial charge in [-0.1, -0.05) is 18.2 Å². The predicted molar refractivity (Wildman–Crippen MR) is 65.9 cm³/mol. The topological polar surface area (TPSA) is 52.8 Å². The van der Waals surface area contributed by atoms with Crippen molar-refractivity contribution in [3.63, 3.8) is 0 Å². The summed E-state index contributed by atoms with van der Waals surface area (Å²) in [7, 11) is 0. The highest BCUT2D eigenvalue weighted by Crippen LogP contribution is 2.24. The molecular formula is C13H12N4. The minimum absolute atomic E-state index is 0.346. The maximum Gasteiger partial charge on any atom is 0.183 e. The molecule has 0 radical (unpaired) electrons. The number of benzene rings is 1. The SMILES string of the molecule is CCN(c1ccccc1)c1nccnc1C#N. The molecule has 0 spiro atoms. The van der Waals surface area contributed by atoms with Gasteiger partial charge in [0.2, 0.25) is 0 Å². The number of aromatic nitrogens is 2. The third-order valence-corrected chi connectivity index (χ3v) is 2.42. The van der Waals surface area contributed by atoms with Crippen LogP contribution < -0.4 is 4.90 Å². The molecule has 17 heavy (non-hydrogen) atoms. The molecule has 1 heterocycles. The summed E-state index contributed by atoms with van der Waals surface area (Å²) in [4.78, 5) is 10.2. The first-order chi connectivity index (χ1) is 8.36. The first-order valence-electron chi connectivity index (χ1n) is 5.40. The van der Waals surface area contributed by atoms with Gasteiger partial charge >= 0.3 is 0 Å². The van der Waals surface area contributed by atoms with Crippen LogP contribution in [0.4, 0.5) is 11.5 Å². The lowest BCUT2D eigenvalue weighted by atomic mass is 10.2. The van der Waals surface area contributed by atoms with E-state index in [1.807, 2.05) is 42.2 Å². The van der Waals surface area contributed by atoms with Gasteiger partial charge in [0, 0.05) is 24.6 Å². The number of anilines is 2. The van der Waals surface area contributed by atoms with E-state index in [0.29, 0.717) is 11.5 Å². The van der Waals surface area contributed by atoms with E-state index in [4.69, 9.17) is 5.26 Å². The molecule has 1 aromatic carbocycles. The minimum Gasteiger partial charge on any atom is -0.324 e. The monoisotopic (exact) mass is 224 g/mol. The van der Waals surface area contributed by atoms with Crippen molar-refractivity contribution in [2.24, 2.45) is 0 Å². The van der Waals surface area contributed by atoms with Crippen molar-refractivity contribution in [1.29, 1.82) is 5.26 Å². The number of hydrogen-bond donors (Lipinski definition) is 0. The highest BCUT2D eigenvalue weighted by molar-refractivity contribution is 5.63. The van der Waals surface area contributed by atoms with Crippen LogP contribution in [0.1, 0.15) is 12.6 Å². The summed E-state index contributed by atoms with van der Waals surface area (Å²) in [5, 5.41) is 9.03. The van der Waals surface area contributed by atoms with Gasteiger partial charge in [-0.15, -0.1) is 0 Å². The lowest BCUT2D eigenvalue weighted by molar-refractivity contribution is 0.968. The van der Waals surface area contributed by atoms with E-state index in [-0.39, 0.29) is 0 Å². The zero-order chi connectivity index (χ0) is 12.1. The summed E-state index contributed by atoms with van der Waals surface area (Å²) in [5.74, 6) is 0.601. The molecule has 0 unspecified atom stereocenters. The first kappa shape index (κ1) is 11.1. The van der Waals surface area contributed by atoms with Crippen LogP contribution in [0.25, 0.3) is 0 Å². The smallest absolute Gasteiger partial charge is 0.183 e. The highest BCUT2D eigenvalue weighted by Gasteiger charge is 2.13. The Balaban J connectivity index is 2.47. The number of rotatable bonds is 3. The normalized spacial score (nSPS) is 9.65. The summed E-state index contributed by atoms with van der Waals surface area (Å²) in [5.41, 5.74) is 1.35. The molecule has 1 aromatic heterocycles. The predicted octanol–water partition coefficient (Wildman–Crippen LogP) is 2.51. The van der Waals surface area contributed by atoms with Crippen LogP contribution in [0, 0.1) is 11.3 Å². The maximum atomic E-state index is 9.03. The third kappa shape index (κ3) is 2.23. The second kappa shape index (κ2) is 5.08. The molecule has 0 aliphatic heterocycles. The molecule has 0 saturated heterocycles. The Hall–Kier alpha value is -2.41. The average molecular weight is 224 g/mol. The number of nitriles is 1. The van der Waals surface area contributed by atoms with Gasteiger partial charge in [-0.25, -0.2) is 9.97 Å². The fourth-order valence-electron chi connectivity index (χ4n) is 1.67. The van der Waals surface area contributed by atoms with Gasteiger partial charge < -0.3 is 4.90 Å².